The molecule has 3 aromatic rings. The molecule has 2 saturated carbocycles. The summed E-state index contributed by atoms with van der Waals surface area (Å²) in [6.07, 6.45) is 19.6. The zero-order valence-electron chi connectivity index (χ0n) is 37.2. The Morgan fingerprint density at radius 3 is 1.57 bits per heavy atom. The van der Waals surface area contributed by atoms with Crippen LogP contribution in [0.25, 0.3) is 0 Å². The second-order valence-electron chi connectivity index (χ2n) is 18.7. The van der Waals surface area contributed by atoms with Crippen LogP contribution >= 0.6 is 0 Å². The van der Waals surface area contributed by atoms with Gasteiger partial charge in [-0.05, 0) is 85.3 Å². The molecule has 60 heavy (non-hydrogen) atoms. The molecule has 2 N–H and O–H groups in total. The van der Waals surface area contributed by atoms with Crippen LogP contribution in [0.4, 0.5) is 0 Å². The van der Waals surface area contributed by atoms with Crippen LogP contribution in [0.3, 0.4) is 0 Å². The fraction of sp³-hybridized carbons (Fsp3) is 0.733. The average Bonchev–Trinajstić information content (AvgIpc) is 3.87. The molecule has 0 radical (unpaired) electrons. The Labute approximate surface area is 358 Å². The van der Waals surface area contributed by atoms with Gasteiger partial charge in [-0.3, -0.25) is 13.8 Å². The lowest BCUT2D eigenvalue weighted by atomic mass is 9.84. The molecule has 0 bridgehead atoms. The molecule has 14 nitrogen and oxygen atoms in total. The maximum Gasteiger partial charge on any atom is 0.307 e. The van der Waals surface area contributed by atoms with Crippen molar-refractivity contribution in [3.8, 4) is 0 Å². The van der Waals surface area contributed by atoms with E-state index < -0.39 is 21.3 Å². The third kappa shape index (κ3) is 18.1. The van der Waals surface area contributed by atoms with Crippen molar-refractivity contribution in [3.05, 3.63) is 53.3 Å². The molecule has 2 aromatic heterocycles. The highest BCUT2D eigenvalue weighted by molar-refractivity contribution is 7.86. The molecule has 2 aliphatic carbocycles. The molecular weight excluding hydrogens is 787 g/mol. The normalized spacial score (nSPS) is 16.7. The summed E-state index contributed by atoms with van der Waals surface area (Å²) in [5, 5.41) is 7.77. The number of aryl methyl sites for hydroxylation is 1. The van der Waals surface area contributed by atoms with Gasteiger partial charge in [0.05, 0.1) is 24.3 Å². The molecule has 2 heterocycles. The number of hydrogen-bond acceptors (Lipinski definition) is 14. The van der Waals surface area contributed by atoms with Gasteiger partial charge in [0.2, 0.25) is 11.8 Å². The van der Waals surface area contributed by atoms with Crippen LogP contribution in [0.5, 0.6) is 0 Å². The number of rotatable bonds is 19. The van der Waals surface area contributed by atoms with E-state index in [-0.39, 0.29) is 60.5 Å². The largest absolute Gasteiger partial charge is 0.460 e. The quantitative estimate of drug-likeness (QED) is 0.0882. The lowest BCUT2D eigenvalue weighted by molar-refractivity contribution is -0.156. The monoisotopic (exact) mass is 857 g/mol. The van der Waals surface area contributed by atoms with Gasteiger partial charge >= 0.3 is 11.9 Å². The van der Waals surface area contributed by atoms with Gasteiger partial charge in [0, 0.05) is 11.8 Å². The third-order valence-electron chi connectivity index (χ3n) is 10.9. The molecule has 15 heteroatoms. The summed E-state index contributed by atoms with van der Waals surface area (Å²) < 4.78 is 51.8. The summed E-state index contributed by atoms with van der Waals surface area (Å²) in [5.41, 5.74) is 5.45. The number of aromatic nitrogens is 4. The Hall–Kier alpha value is -3.69. The lowest BCUT2D eigenvalue weighted by Crippen LogP contribution is -2.25. The molecule has 2 fully saturated rings. The molecule has 1 aromatic carbocycles. The number of esters is 2. The van der Waals surface area contributed by atoms with E-state index in [9.17, 15) is 18.0 Å². The van der Waals surface area contributed by atoms with E-state index in [4.69, 9.17) is 28.4 Å². The van der Waals surface area contributed by atoms with Crippen LogP contribution in [0.2, 0.25) is 0 Å². The van der Waals surface area contributed by atoms with E-state index in [0.717, 1.165) is 49.5 Å². The minimum atomic E-state index is -3.95. The van der Waals surface area contributed by atoms with Crippen molar-refractivity contribution in [2.45, 2.75) is 205 Å². The highest BCUT2D eigenvalue weighted by atomic mass is 32.2. The second-order valence-corrected chi connectivity index (χ2v) is 20.3. The molecule has 0 saturated heterocycles. The van der Waals surface area contributed by atoms with E-state index >= 15 is 0 Å². The Morgan fingerprint density at radius 1 is 0.717 bits per heavy atom. The Morgan fingerprint density at radius 2 is 1.15 bits per heavy atom. The fourth-order valence-corrected chi connectivity index (χ4v) is 8.83. The van der Waals surface area contributed by atoms with E-state index in [1.807, 2.05) is 48.5 Å². The van der Waals surface area contributed by atoms with Crippen LogP contribution in [0.15, 0.2) is 38.2 Å². The molecule has 0 unspecified atom stereocenters. The lowest BCUT2D eigenvalue weighted by Gasteiger charge is -2.23. The maximum atomic E-state index is 12.5. The Balaban J connectivity index is 0.000000280. The number of carbonyl (C=O) groups is 2. The van der Waals surface area contributed by atoms with Crippen molar-refractivity contribution in [2.24, 2.45) is 17.6 Å². The van der Waals surface area contributed by atoms with Crippen molar-refractivity contribution in [1.82, 2.24) is 20.3 Å². The highest BCUT2D eigenvalue weighted by Gasteiger charge is 2.28. The van der Waals surface area contributed by atoms with Crippen LogP contribution in [0, 0.1) is 18.8 Å². The summed E-state index contributed by atoms with van der Waals surface area (Å²) >= 11 is 0. The standard InChI is InChI=1S/C26H38N2O6S.C19H33N3O3/c1-19-13-15-22(16-14-19)35(30,31)32-18-23-27-25(34-28-23)21(17-24(29)33-26(2,3)4)12-8-11-20-9-6-5-7-10-20;1-19(2,3)24-17(23)12-15(18-21-16(13-20)22-25-18)11-7-10-14-8-5-4-6-9-14/h13-16,20-21H,5-12,17-18H2,1-4H3;14-15H,4-13,20H2,1-3H3/t21-;15-/m11/s1. The predicted molar refractivity (Wildman–Crippen MR) is 227 cm³/mol. The first-order valence-electron chi connectivity index (χ1n) is 22.1. The van der Waals surface area contributed by atoms with Crippen LogP contribution in [-0.2, 0) is 46.5 Å². The van der Waals surface area contributed by atoms with Gasteiger partial charge in [-0.25, -0.2) is 0 Å². The van der Waals surface area contributed by atoms with Gasteiger partial charge in [-0.15, -0.1) is 0 Å². The second kappa shape index (κ2) is 23.5. The first-order chi connectivity index (χ1) is 28.4. The van der Waals surface area contributed by atoms with Gasteiger partial charge in [-0.2, -0.15) is 18.4 Å². The van der Waals surface area contributed by atoms with Crippen molar-refractivity contribution in [2.75, 3.05) is 0 Å². The Bertz CT molecular complexity index is 1830. The van der Waals surface area contributed by atoms with Gasteiger partial charge in [-0.1, -0.05) is 118 Å². The minimum Gasteiger partial charge on any atom is -0.460 e. The van der Waals surface area contributed by atoms with Gasteiger partial charge in [0.15, 0.2) is 11.6 Å². The summed E-state index contributed by atoms with van der Waals surface area (Å²) in [4.78, 5) is 33.5. The minimum absolute atomic E-state index is 0.0670. The van der Waals surface area contributed by atoms with Crippen LogP contribution in [0.1, 0.15) is 198 Å². The third-order valence-corrected chi connectivity index (χ3v) is 12.2. The summed E-state index contributed by atoms with van der Waals surface area (Å²) in [6.45, 7) is 12.9. The zero-order chi connectivity index (χ0) is 43.8. The molecule has 0 amide bonds. The van der Waals surface area contributed by atoms with Crippen molar-refractivity contribution in [1.29, 1.82) is 0 Å². The number of carbonyl (C=O) groups excluding carboxylic acids is 2. The number of nitrogens with two attached hydrogens (primary N) is 1. The summed E-state index contributed by atoms with van der Waals surface area (Å²) in [7, 11) is -3.95. The van der Waals surface area contributed by atoms with Gasteiger partial charge in [0.1, 0.15) is 17.8 Å². The highest BCUT2D eigenvalue weighted by Crippen LogP contribution is 2.33. The predicted octanol–water partition coefficient (Wildman–Crippen LogP) is 9.94. The van der Waals surface area contributed by atoms with Crippen molar-refractivity contribution >= 4 is 22.1 Å². The first-order valence-corrected chi connectivity index (χ1v) is 23.5. The smallest absolute Gasteiger partial charge is 0.307 e. The Kier molecular flexibility index (Phi) is 19.2. The molecule has 2 atom stereocenters. The van der Waals surface area contributed by atoms with Crippen molar-refractivity contribution < 1.29 is 40.7 Å². The number of hydrogen-bond donors (Lipinski definition) is 1. The van der Waals surface area contributed by atoms with Crippen molar-refractivity contribution in [3.63, 3.8) is 0 Å². The number of benzene rings is 1. The maximum absolute atomic E-state index is 12.5. The molecule has 2 aliphatic rings. The van der Waals surface area contributed by atoms with E-state index in [0.29, 0.717) is 17.6 Å². The molecule has 5 rings (SSSR count). The molecule has 0 spiro atoms. The van der Waals surface area contributed by atoms with Gasteiger partial charge in [0.25, 0.3) is 10.1 Å². The SMILES string of the molecule is CC(C)(C)OC(=O)C[C@@H](CCCC1CCCCC1)c1nc(CN)no1.Cc1ccc(S(=O)(=O)OCc2noc([C@H](CCCC3CCCCC3)CC(=O)OC(C)(C)C)n2)cc1. The average molecular weight is 858 g/mol. The summed E-state index contributed by atoms with van der Waals surface area (Å²) in [5.74, 6) is 2.08. The molecule has 336 valence electrons. The zero-order valence-corrected chi connectivity index (χ0v) is 38.0. The molecular formula is C45H71N5O9S. The number of nitrogens with zero attached hydrogens (tertiary/aromatic N) is 4. The van der Waals surface area contributed by atoms with E-state index in [2.05, 4.69) is 20.3 Å². The van der Waals surface area contributed by atoms with Crippen LogP contribution in [-0.4, -0.2) is 51.8 Å². The first kappa shape index (κ1) is 49.0. The molecule has 0 aliphatic heterocycles. The van der Waals surface area contributed by atoms with Gasteiger partial charge < -0.3 is 24.3 Å². The van der Waals surface area contributed by atoms with E-state index in [1.165, 1.54) is 82.8 Å². The topological polar surface area (TPSA) is 200 Å². The fourth-order valence-electron chi connectivity index (χ4n) is 7.96. The summed E-state index contributed by atoms with van der Waals surface area (Å²) in [6, 6.07) is 6.40. The number of ether oxygens (including phenoxy) is 2. The van der Waals surface area contributed by atoms with Crippen LogP contribution < -0.4 is 5.73 Å². The van der Waals surface area contributed by atoms with E-state index in [1.54, 1.807) is 12.1 Å².